The summed E-state index contributed by atoms with van der Waals surface area (Å²) >= 11 is -2.66. The topological polar surface area (TPSA) is 0 Å². The van der Waals surface area contributed by atoms with Crippen molar-refractivity contribution in [2.45, 2.75) is 40.5 Å². The number of benzene rings is 4. The van der Waals surface area contributed by atoms with Gasteiger partial charge in [0.2, 0.25) is 0 Å². The molecule has 4 aliphatic rings. The van der Waals surface area contributed by atoms with Gasteiger partial charge in [-0.2, -0.15) is 0 Å². The number of rotatable bonds is 4. The van der Waals surface area contributed by atoms with Crippen molar-refractivity contribution in [1.82, 2.24) is 0 Å². The minimum Gasteiger partial charge on any atom is -1.00 e. The molecular weight excluding hydrogens is 655 g/mol. The molecule has 0 N–H and O–H groups in total. The Kier molecular flexibility index (Phi) is 8.62. The second-order valence-corrected chi connectivity index (χ2v) is 18.7. The van der Waals surface area contributed by atoms with E-state index in [2.05, 4.69) is 137 Å². The third kappa shape index (κ3) is 4.79. The van der Waals surface area contributed by atoms with Crippen LogP contribution in [-0.4, -0.2) is 3.21 Å². The Morgan fingerprint density at radius 3 is 1.41 bits per heavy atom. The molecule has 0 heterocycles. The molecule has 0 saturated carbocycles. The number of hydrogen-bond donors (Lipinski definition) is 0. The molecule has 0 aliphatic heterocycles. The summed E-state index contributed by atoms with van der Waals surface area (Å²) in [6.45, 7) is 9.80. The van der Waals surface area contributed by atoms with Gasteiger partial charge in [0.25, 0.3) is 0 Å². The molecule has 4 aromatic rings. The van der Waals surface area contributed by atoms with Crippen LogP contribution in [0.1, 0.15) is 49.9 Å². The van der Waals surface area contributed by atoms with E-state index in [1.165, 1.54) is 66.1 Å². The van der Waals surface area contributed by atoms with Crippen molar-refractivity contribution in [3.8, 4) is 0 Å². The Balaban J connectivity index is 0.00000171. The fourth-order valence-electron chi connectivity index (χ4n) is 8.01. The molecule has 0 spiro atoms. The van der Waals surface area contributed by atoms with Crippen LogP contribution in [0.2, 0.25) is 0 Å². The maximum atomic E-state index is 2.55. The molecule has 0 amide bonds. The summed E-state index contributed by atoms with van der Waals surface area (Å²) in [4.78, 5) is 0. The van der Waals surface area contributed by atoms with Gasteiger partial charge in [-0.15, -0.1) is 0 Å². The summed E-state index contributed by atoms with van der Waals surface area (Å²) in [5, 5.41) is 5.51. The SMILES string of the molecule is CC(C)[C](C(C)C)=[Zr+2]([C]1=C2C(=CCc3ccc4ccccc4c32)C=C1)[C]1=C2C(=CCc3ccc4ccccc4c32)C=C1.[Cl-].[Cl-]. The smallest absolute Gasteiger partial charge is 1.00 e. The fraction of sp³-hybridized carbons (Fsp3) is 0.195. The molecule has 0 radical (unpaired) electrons. The molecule has 0 nitrogen and oxygen atoms in total. The summed E-state index contributed by atoms with van der Waals surface area (Å²) in [5.41, 5.74) is 11.9. The third-order valence-corrected chi connectivity index (χ3v) is 18.6. The molecule has 0 aromatic heterocycles. The Labute approximate surface area is 281 Å². The average molecular weight is 691 g/mol. The molecule has 8 rings (SSSR count). The Bertz CT molecular complexity index is 1930. The fourth-order valence-corrected chi connectivity index (χ4v) is 16.9. The van der Waals surface area contributed by atoms with Crippen LogP contribution >= 0.6 is 0 Å². The molecule has 0 saturated heterocycles. The first kappa shape index (κ1) is 31.2. The quantitative estimate of drug-likeness (QED) is 0.300. The average Bonchev–Trinajstić information content (AvgIpc) is 3.63. The van der Waals surface area contributed by atoms with E-state index in [-0.39, 0.29) is 24.8 Å². The maximum Gasteiger partial charge on any atom is -1.00 e. The van der Waals surface area contributed by atoms with Crippen molar-refractivity contribution >= 4 is 35.9 Å². The van der Waals surface area contributed by atoms with Gasteiger partial charge in [0.15, 0.2) is 0 Å². The van der Waals surface area contributed by atoms with E-state index < -0.39 is 21.3 Å². The number of hydrogen-bond acceptors (Lipinski definition) is 0. The molecule has 0 atom stereocenters. The second kappa shape index (κ2) is 12.2. The molecule has 218 valence electrons. The first-order valence-electron chi connectivity index (χ1n) is 15.5. The monoisotopic (exact) mass is 688 g/mol. The van der Waals surface area contributed by atoms with E-state index in [1.807, 2.05) is 3.21 Å². The molecule has 0 unspecified atom stereocenters. The third-order valence-electron chi connectivity index (χ3n) is 9.66. The van der Waals surface area contributed by atoms with Crippen molar-refractivity contribution in [3.63, 3.8) is 0 Å². The predicted octanol–water partition coefficient (Wildman–Crippen LogP) is 4.33. The van der Waals surface area contributed by atoms with Crippen LogP contribution in [0.5, 0.6) is 0 Å². The van der Waals surface area contributed by atoms with E-state index in [0.717, 1.165) is 12.8 Å². The van der Waals surface area contributed by atoms with Crippen LogP contribution in [0.3, 0.4) is 0 Å². The second-order valence-electron chi connectivity index (χ2n) is 12.8. The molecule has 0 bridgehead atoms. The minimum atomic E-state index is -2.66. The van der Waals surface area contributed by atoms with Crippen LogP contribution in [0.25, 0.3) is 32.7 Å². The Hall–Kier alpha value is -2.83. The van der Waals surface area contributed by atoms with E-state index in [9.17, 15) is 0 Å². The molecule has 3 heteroatoms. The number of fused-ring (bicyclic) bond motifs is 10. The van der Waals surface area contributed by atoms with Crippen molar-refractivity contribution in [2.75, 3.05) is 0 Å². The maximum absolute atomic E-state index is 2.66. The number of allylic oxidation sites excluding steroid dienone is 12. The molecule has 4 aromatic carbocycles. The predicted molar refractivity (Wildman–Crippen MR) is 178 cm³/mol. The van der Waals surface area contributed by atoms with Gasteiger partial charge in [0.1, 0.15) is 0 Å². The minimum absolute atomic E-state index is 0. The normalized spacial score (nSPS) is 15.8. The summed E-state index contributed by atoms with van der Waals surface area (Å²) in [7, 11) is 0. The van der Waals surface area contributed by atoms with Crippen LogP contribution in [0.4, 0.5) is 0 Å². The molecule has 44 heavy (non-hydrogen) atoms. The van der Waals surface area contributed by atoms with Gasteiger partial charge < -0.3 is 24.8 Å². The largest absolute Gasteiger partial charge is 1.00 e. The van der Waals surface area contributed by atoms with Gasteiger partial charge >= 0.3 is 259 Å². The van der Waals surface area contributed by atoms with Crippen LogP contribution in [-0.2, 0) is 34.1 Å². The van der Waals surface area contributed by atoms with Gasteiger partial charge in [-0.1, -0.05) is 0 Å². The zero-order valence-corrected chi connectivity index (χ0v) is 29.7. The summed E-state index contributed by atoms with van der Waals surface area (Å²) in [6.07, 6.45) is 17.0. The first-order chi connectivity index (χ1) is 20.5. The molecule has 0 fully saturated rings. The van der Waals surface area contributed by atoms with Crippen molar-refractivity contribution < 1.29 is 46.1 Å². The van der Waals surface area contributed by atoms with E-state index in [4.69, 9.17) is 0 Å². The van der Waals surface area contributed by atoms with Crippen molar-refractivity contribution in [1.29, 1.82) is 0 Å². The zero-order chi connectivity index (χ0) is 28.5. The van der Waals surface area contributed by atoms with E-state index in [0.29, 0.717) is 11.8 Å². The summed E-state index contributed by atoms with van der Waals surface area (Å²) in [5.74, 6) is 1.10. The van der Waals surface area contributed by atoms with Gasteiger partial charge in [-0.25, -0.2) is 0 Å². The number of halogens is 2. The van der Waals surface area contributed by atoms with Gasteiger partial charge in [-0.05, 0) is 0 Å². The van der Waals surface area contributed by atoms with E-state index >= 15 is 0 Å². The van der Waals surface area contributed by atoms with Gasteiger partial charge in [-0.3, -0.25) is 0 Å². The van der Waals surface area contributed by atoms with Crippen LogP contribution in [0.15, 0.2) is 127 Å². The summed E-state index contributed by atoms with van der Waals surface area (Å²) in [6, 6.07) is 27.4. The van der Waals surface area contributed by atoms with Crippen LogP contribution in [0, 0.1) is 11.8 Å². The molecular formula is C41H36Cl2Zr. The first-order valence-corrected chi connectivity index (χ1v) is 19.2. The standard InChI is InChI=1S/2C17H11.C7H14.2ClH.Zr/c2*1-2-6-15-12(4-1)8-10-14-11-9-13-5-3-7-16(13)17(14)15;1-6(2)5-7(3)4;;;/h2*1-6,8-10H,11H2;6-7H,1-4H3;2*1H;/q;;;;;+2/p-2. The zero-order valence-electron chi connectivity index (χ0n) is 25.7. The van der Waals surface area contributed by atoms with Gasteiger partial charge in [0.05, 0.1) is 0 Å². The van der Waals surface area contributed by atoms with Gasteiger partial charge in [0, 0.05) is 0 Å². The van der Waals surface area contributed by atoms with Crippen LogP contribution < -0.4 is 24.8 Å². The van der Waals surface area contributed by atoms with E-state index in [1.54, 1.807) is 6.56 Å². The molecule has 4 aliphatic carbocycles. The summed E-state index contributed by atoms with van der Waals surface area (Å²) < 4.78 is 5.15. The van der Waals surface area contributed by atoms with Crippen molar-refractivity contribution in [2.24, 2.45) is 11.8 Å². The Morgan fingerprint density at radius 2 is 0.977 bits per heavy atom. The Morgan fingerprint density at radius 1 is 0.545 bits per heavy atom. The van der Waals surface area contributed by atoms with Crippen molar-refractivity contribution in [3.05, 3.63) is 149 Å².